The summed E-state index contributed by atoms with van der Waals surface area (Å²) in [6.07, 6.45) is 3.72. The van der Waals surface area contributed by atoms with Crippen molar-refractivity contribution in [3.05, 3.63) is 35.9 Å². The average Bonchev–Trinajstić information content (AvgIpc) is 2.40. The molecule has 0 aliphatic rings. The van der Waals surface area contributed by atoms with Crippen LogP contribution in [0.5, 0.6) is 0 Å². The molecule has 1 N–H and O–H groups in total. The van der Waals surface area contributed by atoms with E-state index in [-0.39, 0.29) is 11.0 Å². The molecule has 114 valence electrons. The molecular formula is C19H33N. The Morgan fingerprint density at radius 1 is 1.05 bits per heavy atom. The Hall–Kier alpha value is -0.820. The molecule has 1 aromatic carbocycles. The molecule has 1 aromatic rings. The van der Waals surface area contributed by atoms with Crippen molar-refractivity contribution in [3.63, 3.8) is 0 Å². The fourth-order valence-electron chi connectivity index (χ4n) is 3.14. The molecule has 0 radical (unpaired) electrons. The maximum Gasteiger partial charge on any atom is 0.0101 e. The molecule has 2 atom stereocenters. The van der Waals surface area contributed by atoms with E-state index in [1.54, 1.807) is 0 Å². The standard InChI is InChI=1S/C19H33N/c1-7-12-16(3)19(8-2,15-20-18(4,5)6)17-13-10-9-11-14-17/h9-11,13-14,16,20H,7-8,12,15H2,1-6H3. The van der Waals surface area contributed by atoms with Crippen LogP contribution in [-0.2, 0) is 5.41 Å². The van der Waals surface area contributed by atoms with Gasteiger partial charge in [0, 0.05) is 17.5 Å². The molecule has 0 heterocycles. The van der Waals surface area contributed by atoms with Crippen LogP contribution < -0.4 is 5.32 Å². The highest BCUT2D eigenvalue weighted by molar-refractivity contribution is 5.27. The van der Waals surface area contributed by atoms with Crippen LogP contribution in [-0.4, -0.2) is 12.1 Å². The number of nitrogens with one attached hydrogen (secondary N) is 1. The zero-order chi connectivity index (χ0) is 15.2. The molecule has 1 heteroatoms. The van der Waals surface area contributed by atoms with Crippen LogP contribution >= 0.6 is 0 Å². The Morgan fingerprint density at radius 2 is 1.65 bits per heavy atom. The van der Waals surface area contributed by atoms with Crippen molar-refractivity contribution >= 4 is 0 Å². The highest BCUT2D eigenvalue weighted by Crippen LogP contribution is 2.38. The van der Waals surface area contributed by atoms with Crippen LogP contribution in [0.2, 0.25) is 0 Å². The van der Waals surface area contributed by atoms with Gasteiger partial charge in [-0.1, -0.05) is 63.9 Å². The second-order valence-electron chi connectivity index (χ2n) is 7.17. The second-order valence-corrected chi connectivity index (χ2v) is 7.17. The SMILES string of the molecule is CCCC(C)C(CC)(CNC(C)(C)C)c1ccccc1. The normalized spacial score (nSPS) is 16.7. The summed E-state index contributed by atoms with van der Waals surface area (Å²) in [7, 11) is 0. The van der Waals surface area contributed by atoms with Crippen LogP contribution in [0.15, 0.2) is 30.3 Å². The van der Waals surface area contributed by atoms with Crippen molar-refractivity contribution < 1.29 is 0 Å². The lowest BCUT2D eigenvalue weighted by atomic mass is 9.67. The highest BCUT2D eigenvalue weighted by Gasteiger charge is 2.36. The third-order valence-corrected chi connectivity index (χ3v) is 4.58. The zero-order valence-electron chi connectivity index (χ0n) is 14.3. The monoisotopic (exact) mass is 275 g/mol. The van der Waals surface area contributed by atoms with Crippen LogP contribution in [0.1, 0.15) is 66.4 Å². The average molecular weight is 275 g/mol. The van der Waals surface area contributed by atoms with E-state index < -0.39 is 0 Å². The quantitative estimate of drug-likeness (QED) is 0.725. The van der Waals surface area contributed by atoms with Gasteiger partial charge in [-0.05, 0) is 38.7 Å². The molecular weight excluding hydrogens is 242 g/mol. The molecule has 0 aliphatic heterocycles. The number of benzene rings is 1. The minimum absolute atomic E-state index is 0.168. The van der Waals surface area contributed by atoms with Gasteiger partial charge in [0.15, 0.2) is 0 Å². The van der Waals surface area contributed by atoms with Gasteiger partial charge in [-0.15, -0.1) is 0 Å². The fraction of sp³-hybridized carbons (Fsp3) is 0.684. The van der Waals surface area contributed by atoms with Crippen LogP contribution in [0.4, 0.5) is 0 Å². The summed E-state index contributed by atoms with van der Waals surface area (Å²) in [5, 5.41) is 3.75. The van der Waals surface area contributed by atoms with Gasteiger partial charge < -0.3 is 5.32 Å². The molecule has 0 amide bonds. The molecule has 0 aromatic heterocycles. The van der Waals surface area contributed by atoms with Gasteiger partial charge in [0.25, 0.3) is 0 Å². The molecule has 0 bridgehead atoms. The summed E-state index contributed by atoms with van der Waals surface area (Å²) in [6, 6.07) is 11.1. The first-order chi connectivity index (χ1) is 9.35. The van der Waals surface area contributed by atoms with E-state index in [1.807, 2.05) is 0 Å². The molecule has 0 fully saturated rings. The predicted molar refractivity (Wildman–Crippen MR) is 90.2 cm³/mol. The molecule has 0 saturated carbocycles. The van der Waals surface area contributed by atoms with Crippen LogP contribution in [0.3, 0.4) is 0 Å². The Balaban J connectivity index is 3.09. The van der Waals surface area contributed by atoms with Gasteiger partial charge in [-0.25, -0.2) is 0 Å². The summed E-state index contributed by atoms with van der Waals surface area (Å²) in [4.78, 5) is 0. The van der Waals surface area contributed by atoms with E-state index in [0.29, 0.717) is 5.92 Å². The third kappa shape index (κ3) is 4.34. The maximum absolute atomic E-state index is 3.75. The summed E-state index contributed by atoms with van der Waals surface area (Å²) in [6.45, 7) is 14.9. The molecule has 0 saturated heterocycles. The topological polar surface area (TPSA) is 12.0 Å². The Kier molecular flexibility index (Phi) is 6.26. The summed E-state index contributed by atoms with van der Waals surface area (Å²) in [5.41, 5.74) is 1.89. The smallest absolute Gasteiger partial charge is 0.0101 e. The highest BCUT2D eigenvalue weighted by atomic mass is 15.0. The number of hydrogen-bond acceptors (Lipinski definition) is 1. The van der Waals surface area contributed by atoms with Crippen molar-refractivity contribution in [1.82, 2.24) is 5.32 Å². The van der Waals surface area contributed by atoms with E-state index >= 15 is 0 Å². The first kappa shape index (κ1) is 17.2. The van der Waals surface area contributed by atoms with Crippen molar-refractivity contribution in [3.8, 4) is 0 Å². The van der Waals surface area contributed by atoms with Crippen molar-refractivity contribution in [2.45, 2.75) is 71.8 Å². The fourth-order valence-corrected chi connectivity index (χ4v) is 3.14. The molecule has 0 spiro atoms. The lowest BCUT2D eigenvalue weighted by Crippen LogP contribution is -2.49. The van der Waals surface area contributed by atoms with Gasteiger partial charge in [0.05, 0.1) is 0 Å². The predicted octanol–water partition coefficient (Wildman–Crippen LogP) is 5.16. The van der Waals surface area contributed by atoms with Gasteiger partial charge >= 0.3 is 0 Å². The van der Waals surface area contributed by atoms with Crippen LogP contribution in [0.25, 0.3) is 0 Å². The number of rotatable bonds is 7. The molecule has 20 heavy (non-hydrogen) atoms. The lowest BCUT2D eigenvalue weighted by molar-refractivity contribution is 0.226. The van der Waals surface area contributed by atoms with Crippen molar-refractivity contribution in [1.29, 1.82) is 0 Å². The maximum atomic E-state index is 3.75. The van der Waals surface area contributed by atoms with Gasteiger partial charge in [0.2, 0.25) is 0 Å². The zero-order valence-corrected chi connectivity index (χ0v) is 14.3. The van der Waals surface area contributed by atoms with E-state index in [2.05, 4.69) is 77.2 Å². The van der Waals surface area contributed by atoms with Gasteiger partial charge in [-0.3, -0.25) is 0 Å². The Labute approximate surface area is 126 Å². The van der Waals surface area contributed by atoms with Gasteiger partial charge in [0.1, 0.15) is 0 Å². The van der Waals surface area contributed by atoms with E-state index in [9.17, 15) is 0 Å². The van der Waals surface area contributed by atoms with E-state index in [0.717, 1.165) is 6.54 Å². The minimum atomic E-state index is 0.168. The largest absolute Gasteiger partial charge is 0.311 e. The number of hydrogen-bond donors (Lipinski definition) is 1. The third-order valence-electron chi connectivity index (χ3n) is 4.58. The minimum Gasteiger partial charge on any atom is -0.311 e. The second kappa shape index (κ2) is 7.26. The first-order valence-electron chi connectivity index (χ1n) is 8.16. The van der Waals surface area contributed by atoms with Crippen molar-refractivity contribution in [2.75, 3.05) is 6.54 Å². The summed E-state index contributed by atoms with van der Waals surface area (Å²) < 4.78 is 0. The van der Waals surface area contributed by atoms with E-state index in [1.165, 1.54) is 24.8 Å². The van der Waals surface area contributed by atoms with E-state index in [4.69, 9.17) is 0 Å². The summed E-state index contributed by atoms with van der Waals surface area (Å²) >= 11 is 0. The van der Waals surface area contributed by atoms with Gasteiger partial charge in [-0.2, -0.15) is 0 Å². The first-order valence-corrected chi connectivity index (χ1v) is 8.16. The Morgan fingerprint density at radius 3 is 2.10 bits per heavy atom. The molecule has 0 aliphatic carbocycles. The van der Waals surface area contributed by atoms with Crippen LogP contribution in [0, 0.1) is 5.92 Å². The lowest BCUT2D eigenvalue weighted by Gasteiger charge is -2.41. The van der Waals surface area contributed by atoms with Crippen molar-refractivity contribution in [2.24, 2.45) is 5.92 Å². The Bertz CT molecular complexity index is 377. The summed E-state index contributed by atoms with van der Waals surface area (Å²) in [5.74, 6) is 0.690. The molecule has 2 unspecified atom stereocenters. The molecule has 1 nitrogen and oxygen atoms in total. The molecule has 1 rings (SSSR count).